The second-order valence-electron chi connectivity index (χ2n) is 5.82. The molecule has 0 radical (unpaired) electrons. The lowest BCUT2D eigenvalue weighted by Crippen LogP contribution is -2.34. The van der Waals surface area contributed by atoms with Crippen LogP contribution in [-0.4, -0.2) is 37.4 Å². The molecule has 0 unspecified atom stereocenters. The molecule has 0 bridgehead atoms. The number of aromatic carboxylic acids is 1. The summed E-state index contributed by atoms with van der Waals surface area (Å²) in [7, 11) is 0. The van der Waals surface area contributed by atoms with Crippen LogP contribution in [-0.2, 0) is 19.6 Å². The highest BCUT2D eigenvalue weighted by Crippen LogP contribution is 2.25. The number of hydrogen-bond acceptors (Lipinski definition) is 4. The van der Waals surface area contributed by atoms with Crippen molar-refractivity contribution in [3.8, 4) is 5.75 Å². The van der Waals surface area contributed by atoms with Gasteiger partial charge in [0.2, 0.25) is 0 Å². The van der Waals surface area contributed by atoms with Crippen molar-refractivity contribution < 1.29 is 15.0 Å². The first-order chi connectivity index (χ1) is 10.5. The van der Waals surface area contributed by atoms with Gasteiger partial charge in [0.25, 0.3) is 0 Å². The van der Waals surface area contributed by atoms with Crippen molar-refractivity contribution in [3.63, 3.8) is 0 Å². The number of phenols is 1. The van der Waals surface area contributed by atoms with Crippen molar-refractivity contribution in [2.24, 2.45) is 0 Å². The van der Waals surface area contributed by atoms with Gasteiger partial charge < -0.3 is 10.2 Å². The summed E-state index contributed by atoms with van der Waals surface area (Å²) in [6.45, 7) is 6.59. The van der Waals surface area contributed by atoms with Gasteiger partial charge in [0, 0.05) is 19.6 Å². The first kappa shape index (κ1) is 14.6. The van der Waals surface area contributed by atoms with Crippen molar-refractivity contribution in [1.29, 1.82) is 0 Å². The highest BCUT2D eigenvalue weighted by molar-refractivity contribution is 5.88. The number of benzene rings is 1. The minimum absolute atomic E-state index is 0.280. The van der Waals surface area contributed by atoms with E-state index in [1.807, 2.05) is 26.0 Å². The Kier molecular flexibility index (Phi) is 3.62. The Bertz CT molecular complexity index is 713. The molecule has 1 aliphatic rings. The van der Waals surface area contributed by atoms with Gasteiger partial charge in [-0.15, -0.1) is 0 Å². The van der Waals surface area contributed by atoms with Gasteiger partial charge in [0.05, 0.1) is 18.4 Å². The number of aromatic nitrogens is 2. The van der Waals surface area contributed by atoms with E-state index in [1.54, 1.807) is 4.68 Å². The van der Waals surface area contributed by atoms with E-state index in [9.17, 15) is 15.0 Å². The van der Waals surface area contributed by atoms with E-state index in [0.717, 1.165) is 35.5 Å². The third-order valence-electron chi connectivity index (χ3n) is 4.14. The number of aryl methyl sites for hydroxylation is 2. The van der Waals surface area contributed by atoms with Crippen LogP contribution in [0.3, 0.4) is 0 Å². The van der Waals surface area contributed by atoms with Gasteiger partial charge in [-0.25, -0.2) is 4.79 Å². The molecule has 2 heterocycles. The van der Waals surface area contributed by atoms with Gasteiger partial charge in [0.15, 0.2) is 0 Å². The maximum absolute atomic E-state index is 11.2. The van der Waals surface area contributed by atoms with Gasteiger partial charge in [-0.2, -0.15) is 5.10 Å². The Morgan fingerprint density at radius 3 is 2.59 bits per heavy atom. The number of carbonyl (C=O) groups is 1. The van der Waals surface area contributed by atoms with Gasteiger partial charge in [-0.1, -0.05) is 12.1 Å². The van der Waals surface area contributed by atoms with E-state index in [1.165, 1.54) is 6.20 Å². The minimum Gasteiger partial charge on any atom is -0.507 e. The molecule has 1 aliphatic heterocycles. The molecule has 22 heavy (non-hydrogen) atoms. The minimum atomic E-state index is -0.931. The predicted molar refractivity (Wildman–Crippen MR) is 80.9 cm³/mol. The molecule has 2 aromatic rings. The average Bonchev–Trinajstić information content (AvgIpc) is 2.88. The monoisotopic (exact) mass is 301 g/mol. The first-order valence-electron chi connectivity index (χ1n) is 7.25. The summed E-state index contributed by atoms with van der Waals surface area (Å²) in [4.78, 5) is 13.4. The summed E-state index contributed by atoms with van der Waals surface area (Å²) in [5.74, 6) is -0.590. The smallest absolute Gasteiger partial charge is 0.339 e. The van der Waals surface area contributed by atoms with Gasteiger partial charge >= 0.3 is 5.97 Å². The van der Waals surface area contributed by atoms with E-state index in [4.69, 9.17) is 0 Å². The zero-order valence-electron chi connectivity index (χ0n) is 12.7. The number of phenolic OH excluding ortho intramolecular Hbond substituents is 1. The van der Waals surface area contributed by atoms with E-state index in [0.29, 0.717) is 18.8 Å². The third-order valence-corrected chi connectivity index (χ3v) is 4.14. The number of carboxylic acid groups (broad SMARTS) is 1. The van der Waals surface area contributed by atoms with E-state index in [2.05, 4.69) is 10.00 Å². The van der Waals surface area contributed by atoms with E-state index >= 15 is 0 Å². The summed E-state index contributed by atoms with van der Waals surface area (Å²) >= 11 is 0. The van der Waals surface area contributed by atoms with Gasteiger partial charge in [-0.3, -0.25) is 9.58 Å². The molecule has 2 N–H and O–H groups in total. The van der Waals surface area contributed by atoms with E-state index in [-0.39, 0.29) is 5.56 Å². The summed E-state index contributed by atoms with van der Waals surface area (Å²) in [6, 6.07) is 3.96. The average molecular weight is 301 g/mol. The van der Waals surface area contributed by atoms with Gasteiger partial charge in [-0.05, 0) is 30.5 Å². The van der Waals surface area contributed by atoms with E-state index < -0.39 is 5.97 Å². The van der Waals surface area contributed by atoms with Crippen LogP contribution in [0.25, 0.3) is 0 Å². The first-order valence-corrected chi connectivity index (χ1v) is 7.25. The molecule has 6 heteroatoms. The van der Waals surface area contributed by atoms with Crippen molar-refractivity contribution in [3.05, 3.63) is 46.3 Å². The third kappa shape index (κ3) is 2.57. The lowest BCUT2D eigenvalue weighted by Gasteiger charge is -2.28. The quantitative estimate of drug-likeness (QED) is 0.905. The van der Waals surface area contributed by atoms with Crippen molar-refractivity contribution in [2.45, 2.75) is 33.5 Å². The fourth-order valence-electron chi connectivity index (χ4n) is 3.01. The molecule has 6 nitrogen and oxygen atoms in total. The summed E-state index contributed by atoms with van der Waals surface area (Å²) in [6.07, 6.45) is 1.43. The summed E-state index contributed by atoms with van der Waals surface area (Å²) in [5, 5.41) is 23.2. The molecule has 0 saturated heterocycles. The Morgan fingerprint density at radius 1 is 1.27 bits per heavy atom. The zero-order valence-corrected chi connectivity index (χ0v) is 12.7. The Balaban J connectivity index is 1.80. The van der Waals surface area contributed by atoms with Crippen LogP contribution >= 0.6 is 0 Å². The molecular formula is C16H19N3O3. The number of nitrogens with zero attached hydrogens (tertiary/aromatic N) is 3. The lowest BCUT2D eigenvalue weighted by molar-refractivity contribution is 0.0692. The highest BCUT2D eigenvalue weighted by Gasteiger charge is 2.23. The van der Waals surface area contributed by atoms with Crippen LogP contribution in [0, 0.1) is 13.8 Å². The molecule has 1 aromatic carbocycles. The molecular weight excluding hydrogens is 282 g/mol. The second-order valence-corrected chi connectivity index (χ2v) is 5.82. The van der Waals surface area contributed by atoms with Gasteiger partial charge in [0.1, 0.15) is 11.3 Å². The number of fused-ring (bicyclic) bond motifs is 1. The standard InChI is InChI=1S/C16H19N3O3/c1-10-5-12(6-11(2)15(10)20)8-18-3-4-19-14(9-18)13(7-17-19)16(21)22/h5-7,20H,3-4,8-9H2,1-2H3,(H,21,22). The maximum atomic E-state index is 11.2. The fourth-order valence-corrected chi connectivity index (χ4v) is 3.01. The van der Waals surface area contributed by atoms with Crippen LogP contribution in [0.15, 0.2) is 18.3 Å². The lowest BCUT2D eigenvalue weighted by atomic mass is 10.0. The Hall–Kier alpha value is -2.34. The van der Waals surface area contributed by atoms with Crippen LogP contribution in [0.4, 0.5) is 0 Å². The van der Waals surface area contributed by atoms with Crippen LogP contribution < -0.4 is 0 Å². The number of carboxylic acids is 1. The number of rotatable bonds is 3. The molecule has 0 fully saturated rings. The van der Waals surface area contributed by atoms with Crippen LogP contribution in [0.5, 0.6) is 5.75 Å². The molecule has 1 aromatic heterocycles. The molecule has 0 saturated carbocycles. The van der Waals surface area contributed by atoms with Crippen molar-refractivity contribution in [1.82, 2.24) is 14.7 Å². The van der Waals surface area contributed by atoms with Crippen molar-refractivity contribution in [2.75, 3.05) is 6.54 Å². The number of aromatic hydroxyl groups is 1. The molecule has 0 spiro atoms. The highest BCUT2D eigenvalue weighted by atomic mass is 16.4. The number of hydrogen-bond donors (Lipinski definition) is 2. The fraction of sp³-hybridized carbons (Fsp3) is 0.375. The normalized spacial score (nSPS) is 14.8. The molecule has 0 amide bonds. The predicted octanol–water partition coefficient (Wildman–Crippen LogP) is 1.92. The summed E-state index contributed by atoms with van der Waals surface area (Å²) < 4.78 is 1.77. The topological polar surface area (TPSA) is 78.6 Å². The molecule has 3 rings (SSSR count). The summed E-state index contributed by atoms with van der Waals surface area (Å²) in [5.41, 5.74) is 3.89. The Morgan fingerprint density at radius 2 is 1.95 bits per heavy atom. The molecule has 116 valence electrons. The molecule has 0 atom stereocenters. The Labute approximate surface area is 128 Å². The van der Waals surface area contributed by atoms with Crippen LogP contribution in [0.2, 0.25) is 0 Å². The largest absolute Gasteiger partial charge is 0.507 e. The molecule has 0 aliphatic carbocycles. The van der Waals surface area contributed by atoms with Crippen LogP contribution in [0.1, 0.15) is 32.7 Å². The zero-order chi connectivity index (χ0) is 15.9. The van der Waals surface area contributed by atoms with Crippen molar-refractivity contribution >= 4 is 5.97 Å². The SMILES string of the molecule is Cc1cc(CN2CCn3ncc(C(=O)O)c3C2)cc(C)c1O. The maximum Gasteiger partial charge on any atom is 0.339 e. The second kappa shape index (κ2) is 5.46.